The van der Waals surface area contributed by atoms with E-state index in [0.717, 1.165) is 4.90 Å². The fourth-order valence-corrected chi connectivity index (χ4v) is 2.56. The van der Waals surface area contributed by atoms with Crippen LogP contribution in [0.1, 0.15) is 13.3 Å². The standard InChI is InChI=1S/C12H20N4O4/c1-8(6-20-2)14-9(17)5-16-10(18)12(15-11(16)19)3-4-13-7-12/h8,13H,3-7H2,1-2H3,(H,14,17)(H,15,19). The molecule has 8 nitrogen and oxygen atoms in total. The van der Waals surface area contributed by atoms with Crippen LogP contribution in [-0.4, -0.2) is 67.7 Å². The van der Waals surface area contributed by atoms with Crippen molar-refractivity contribution >= 4 is 17.8 Å². The SMILES string of the molecule is COCC(C)NC(=O)CN1C(=O)NC2(CCNC2)C1=O. The van der Waals surface area contributed by atoms with Gasteiger partial charge in [-0.3, -0.25) is 14.5 Å². The van der Waals surface area contributed by atoms with E-state index >= 15 is 0 Å². The molecule has 8 heteroatoms. The number of amides is 4. The highest BCUT2D eigenvalue weighted by molar-refractivity contribution is 6.09. The molecule has 4 amide bonds. The lowest BCUT2D eigenvalue weighted by atomic mass is 9.99. The van der Waals surface area contributed by atoms with Crippen LogP contribution in [0.2, 0.25) is 0 Å². The van der Waals surface area contributed by atoms with Gasteiger partial charge in [-0.15, -0.1) is 0 Å². The van der Waals surface area contributed by atoms with Gasteiger partial charge < -0.3 is 20.7 Å². The summed E-state index contributed by atoms with van der Waals surface area (Å²) in [6.07, 6.45) is 0.551. The maximum absolute atomic E-state index is 12.3. The van der Waals surface area contributed by atoms with Crippen molar-refractivity contribution in [2.75, 3.05) is 33.4 Å². The predicted molar refractivity (Wildman–Crippen MR) is 69.9 cm³/mol. The average molecular weight is 284 g/mol. The van der Waals surface area contributed by atoms with E-state index in [1.165, 1.54) is 7.11 Å². The highest BCUT2D eigenvalue weighted by Gasteiger charge is 2.52. The number of urea groups is 1. The van der Waals surface area contributed by atoms with E-state index in [0.29, 0.717) is 26.1 Å². The monoisotopic (exact) mass is 284 g/mol. The summed E-state index contributed by atoms with van der Waals surface area (Å²) < 4.78 is 4.91. The van der Waals surface area contributed by atoms with E-state index in [-0.39, 0.29) is 24.4 Å². The second-order valence-corrected chi connectivity index (χ2v) is 5.25. The van der Waals surface area contributed by atoms with Gasteiger partial charge in [-0.05, 0) is 19.9 Å². The van der Waals surface area contributed by atoms with E-state index < -0.39 is 11.6 Å². The summed E-state index contributed by atoms with van der Waals surface area (Å²) in [6, 6.07) is -0.677. The summed E-state index contributed by atoms with van der Waals surface area (Å²) in [7, 11) is 1.54. The molecule has 0 saturated carbocycles. The van der Waals surface area contributed by atoms with Gasteiger partial charge >= 0.3 is 6.03 Å². The molecule has 2 fully saturated rings. The summed E-state index contributed by atoms with van der Waals surface area (Å²) in [6.45, 7) is 2.99. The van der Waals surface area contributed by atoms with Gasteiger partial charge in [0.2, 0.25) is 5.91 Å². The first kappa shape index (κ1) is 14.7. The molecule has 2 atom stereocenters. The van der Waals surface area contributed by atoms with Crippen LogP contribution < -0.4 is 16.0 Å². The molecule has 0 aromatic rings. The summed E-state index contributed by atoms with van der Waals surface area (Å²) in [5, 5.41) is 8.41. The van der Waals surface area contributed by atoms with Crippen LogP contribution in [-0.2, 0) is 14.3 Å². The molecule has 2 rings (SSSR count). The van der Waals surface area contributed by atoms with Crippen LogP contribution in [0.5, 0.6) is 0 Å². The number of nitrogens with one attached hydrogen (secondary N) is 3. The van der Waals surface area contributed by atoms with Gasteiger partial charge in [0.05, 0.1) is 6.61 Å². The van der Waals surface area contributed by atoms with Crippen molar-refractivity contribution in [1.82, 2.24) is 20.9 Å². The van der Waals surface area contributed by atoms with Gasteiger partial charge in [0.15, 0.2) is 0 Å². The number of imide groups is 1. The summed E-state index contributed by atoms with van der Waals surface area (Å²) in [5.74, 6) is -0.705. The number of ether oxygens (including phenoxy) is 1. The van der Waals surface area contributed by atoms with Crippen LogP contribution in [0.4, 0.5) is 4.79 Å². The van der Waals surface area contributed by atoms with Crippen molar-refractivity contribution in [3.63, 3.8) is 0 Å². The zero-order valence-electron chi connectivity index (χ0n) is 11.7. The number of hydrogen-bond donors (Lipinski definition) is 3. The summed E-state index contributed by atoms with van der Waals surface area (Å²) in [4.78, 5) is 36.9. The molecule has 0 bridgehead atoms. The van der Waals surface area contributed by atoms with Gasteiger partial charge in [-0.1, -0.05) is 0 Å². The molecule has 20 heavy (non-hydrogen) atoms. The van der Waals surface area contributed by atoms with Crippen LogP contribution in [0.15, 0.2) is 0 Å². The highest BCUT2D eigenvalue weighted by atomic mass is 16.5. The molecule has 2 unspecified atom stereocenters. The van der Waals surface area contributed by atoms with E-state index in [1.807, 2.05) is 0 Å². The number of rotatable bonds is 5. The topological polar surface area (TPSA) is 99.8 Å². The Bertz CT molecular complexity index is 420. The highest BCUT2D eigenvalue weighted by Crippen LogP contribution is 2.23. The van der Waals surface area contributed by atoms with Gasteiger partial charge in [-0.2, -0.15) is 0 Å². The minimum atomic E-state index is -0.866. The van der Waals surface area contributed by atoms with Gasteiger partial charge in [-0.25, -0.2) is 4.79 Å². The Balaban J connectivity index is 1.94. The smallest absolute Gasteiger partial charge is 0.325 e. The zero-order valence-corrected chi connectivity index (χ0v) is 11.7. The van der Waals surface area contributed by atoms with Crippen molar-refractivity contribution in [3.05, 3.63) is 0 Å². The third-order valence-electron chi connectivity index (χ3n) is 3.53. The van der Waals surface area contributed by atoms with Crippen molar-refractivity contribution in [2.24, 2.45) is 0 Å². The van der Waals surface area contributed by atoms with Crippen molar-refractivity contribution in [2.45, 2.75) is 24.9 Å². The van der Waals surface area contributed by atoms with Crippen LogP contribution in [0, 0.1) is 0 Å². The molecule has 0 radical (unpaired) electrons. The van der Waals surface area contributed by atoms with E-state index in [4.69, 9.17) is 4.74 Å². The van der Waals surface area contributed by atoms with Crippen LogP contribution in [0.25, 0.3) is 0 Å². The fraction of sp³-hybridized carbons (Fsp3) is 0.750. The third kappa shape index (κ3) is 2.75. The molecule has 2 saturated heterocycles. The molecular formula is C12H20N4O4. The van der Waals surface area contributed by atoms with E-state index in [2.05, 4.69) is 16.0 Å². The van der Waals surface area contributed by atoms with Crippen molar-refractivity contribution < 1.29 is 19.1 Å². The van der Waals surface area contributed by atoms with E-state index in [1.54, 1.807) is 6.92 Å². The Morgan fingerprint density at radius 2 is 2.30 bits per heavy atom. The molecule has 1 spiro atoms. The zero-order chi connectivity index (χ0) is 14.8. The third-order valence-corrected chi connectivity index (χ3v) is 3.53. The largest absolute Gasteiger partial charge is 0.383 e. The maximum Gasteiger partial charge on any atom is 0.325 e. The quantitative estimate of drug-likeness (QED) is 0.529. The molecule has 2 aliphatic rings. The lowest BCUT2D eigenvalue weighted by Gasteiger charge is -2.19. The van der Waals surface area contributed by atoms with Crippen molar-refractivity contribution in [1.29, 1.82) is 0 Å². The lowest BCUT2D eigenvalue weighted by molar-refractivity contribution is -0.134. The molecule has 112 valence electrons. The Morgan fingerprint density at radius 1 is 1.55 bits per heavy atom. The Kier molecular flexibility index (Phi) is 4.24. The van der Waals surface area contributed by atoms with Gasteiger partial charge in [0.1, 0.15) is 12.1 Å². The van der Waals surface area contributed by atoms with E-state index in [9.17, 15) is 14.4 Å². The lowest BCUT2D eigenvalue weighted by Crippen LogP contribution is -2.49. The second kappa shape index (κ2) is 5.76. The molecule has 2 aliphatic heterocycles. The minimum Gasteiger partial charge on any atom is -0.383 e. The van der Waals surface area contributed by atoms with Crippen molar-refractivity contribution in [3.8, 4) is 0 Å². The first-order chi connectivity index (χ1) is 9.48. The normalized spacial score (nSPS) is 27.0. The number of methoxy groups -OCH3 is 1. The Morgan fingerprint density at radius 3 is 2.90 bits per heavy atom. The maximum atomic E-state index is 12.3. The Hall–Kier alpha value is -1.67. The molecule has 2 heterocycles. The van der Waals surface area contributed by atoms with Gasteiger partial charge in [0.25, 0.3) is 5.91 Å². The van der Waals surface area contributed by atoms with Crippen LogP contribution >= 0.6 is 0 Å². The number of carbonyl (C=O) groups excluding carboxylic acids is 3. The average Bonchev–Trinajstić information content (AvgIpc) is 2.92. The molecule has 3 N–H and O–H groups in total. The first-order valence-corrected chi connectivity index (χ1v) is 6.61. The molecular weight excluding hydrogens is 264 g/mol. The predicted octanol–water partition coefficient (Wildman–Crippen LogP) is -1.58. The van der Waals surface area contributed by atoms with Gasteiger partial charge in [0, 0.05) is 19.7 Å². The number of nitrogens with zero attached hydrogens (tertiary/aromatic N) is 1. The molecule has 0 aromatic carbocycles. The Labute approximate surface area is 117 Å². The first-order valence-electron chi connectivity index (χ1n) is 6.61. The number of carbonyl (C=O) groups is 3. The molecule has 0 aromatic heterocycles. The summed E-state index contributed by atoms with van der Waals surface area (Å²) >= 11 is 0. The molecule has 0 aliphatic carbocycles. The number of hydrogen-bond acceptors (Lipinski definition) is 5. The fourth-order valence-electron chi connectivity index (χ4n) is 2.56. The second-order valence-electron chi connectivity index (χ2n) is 5.25. The summed E-state index contributed by atoms with van der Waals surface area (Å²) in [5.41, 5.74) is -0.866. The minimum absolute atomic E-state index is 0.171. The van der Waals surface area contributed by atoms with Crippen LogP contribution in [0.3, 0.4) is 0 Å².